The molecular formula is C16H17ClN4O2. The van der Waals surface area contributed by atoms with Gasteiger partial charge in [-0.2, -0.15) is 4.98 Å². The van der Waals surface area contributed by atoms with Crippen LogP contribution in [0.15, 0.2) is 24.3 Å². The molecule has 1 fully saturated rings. The fourth-order valence-electron chi connectivity index (χ4n) is 2.22. The molecule has 0 atom stereocenters. The second-order valence-electron chi connectivity index (χ2n) is 5.61. The molecule has 0 aliphatic heterocycles. The maximum atomic E-state index is 10.7. The molecule has 0 saturated heterocycles. The van der Waals surface area contributed by atoms with E-state index in [1.54, 1.807) is 0 Å². The Morgan fingerprint density at radius 2 is 2.13 bits per heavy atom. The van der Waals surface area contributed by atoms with E-state index in [9.17, 15) is 4.79 Å². The standard InChI is InChI=1S/C16H17ClN4O2/c1-9-6-11(4-5-12(9)17)19-14-7-13(10-2-3-10)20-16(21-14)18-8-15(22)23/h4-7,10H,2-3,8H2,1H3,(H,22,23)(H2,18,19,20,21). The van der Waals surface area contributed by atoms with E-state index in [1.807, 2.05) is 31.2 Å². The molecule has 1 heterocycles. The summed E-state index contributed by atoms with van der Waals surface area (Å²) >= 11 is 6.04. The Kier molecular flexibility index (Phi) is 4.34. The van der Waals surface area contributed by atoms with Crippen molar-refractivity contribution in [1.82, 2.24) is 9.97 Å². The highest BCUT2D eigenvalue weighted by atomic mass is 35.5. The first-order chi connectivity index (χ1) is 11.0. The van der Waals surface area contributed by atoms with Crippen LogP contribution in [0.2, 0.25) is 5.02 Å². The Labute approximate surface area is 138 Å². The van der Waals surface area contributed by atoms with Crippen molar-refractivity contribution in [2.75, 3.05) is 17.2 Å². The first-order valence-corrected chi connectivity index (χ1v) is 7.77. The highest BCUT2D eigenvalue weighted by molar-refractivity contribution is 6.31. The number of carboxylic acids is 1. The molecule has 6 nitrogen and oxygen atoms in total. The van der Waals surface area contributed by atoms with Gasteiger partial charge in [-0.1, -0.05) is 11.6 Å². The second-order valence-corrected chi connectivity index (χ2v) is 6.02. The number of benzene rings is 1. The van der Waals surface area contributed by atoms with E-state index in [2.05, 4.69) is 20.6 Å². The van der Waals surface area contributed by atoms with E-state index in [-0.39, 0.29) is 6.54 Å². The van der Waals surface area contributed by atoms with Crippen LogP contribution in [-0.4, -0.2) is 27.6 Å². The lowest BCUT2D eigenvalue weighted by Gasteiger charge is -2.11. The quantitative estimate of drug-likeness (QED) is 0.749. The minimum atomic E-state index is -0.951. The van der Waals surface area contributed by atoms with Crippen molar-refractivity contribution in [1.29, 1.82) is 0 Å². The van der Waals surface area contributed by atoms with Crippen molar-refractivity contribution in [3.8, 4) is 0 Å². The number of aromatic nitrogens is 2. The van der Waals surface area contributed by atoms with Crippen LogP contribution in [0.3, 0.4) is 0 Å². The van der Waals surface area contributed by atoms with E-state index in [0.717, 1.165) is 29.8 Å². The number of carboxylic acid groups (broad SMARTS) is 1. The first-order valence-electron chi connectivity index (χ1n) is 7.39. The zero-order valence-electron chi connectivity index (χ0n) is 12.6. The Balaban J connectivity index is 1.84. The van der Waals surface area contributed by atoms with Crippen molar-refractivity contribution < 1.29 is 9.90 Å². The molecule has 1 aromatic heterocycles. The predicted octanol–water partition coefficient (Wildman–Crippen LogP) is 3.56. The summed E-state index contributed by atoms with van der Waals surface area (Å²) in [4.78, 5) is 19.4. The summed E-state index contributed by atoms with van der Waals surface area (Å²) in [6.07, 6.45) is 2.21. The van der Waals surface area contributed by atoms with Gasteiger partial charge in [-0.05, 0) is 43.5 Å². The minimum Gasteiger partial charge on any atom is -0.480 e. The SMILES string of the molecule is Cc1cc(Nc2cc(C3CC3)nc(NCC(=O)O)n2)ccc1Cl. The van der Waals surface area contributed by atoms with Crippen molar-refractivity contribution in [2.24, 2.45) is 0 Å². The minimum absolute atomic E-state index is 0.215. The molecular weight excluding hydrogens is 316 g/mol. The molecule has 0 radical (unpaired) electrons. The molecule has 1 aliphatic rings. The molecule has 7 heteroatoms. The lowest BCUT2D eigenvalue weighted by atomic mass is 10.2. The number of nitrogens with one attached hydrogen (secondary N) is 2. The number of hydrogen-bond acceptors (Lipinski definition) is 5. The van der Waals surface area contributed by atoms with Crippen LogP contribution >= 0.6 is 11.6 Å². The zero-order valence-corrected chi connectivity index (χ0v) is 13.4. The number of aryl methyl sites for hydroxylation is 1. The van der Waals surface area contributed by atoms with Gasteiger partial charge in [0, 0.05) is 22.7 Å². The first kappa shape index (κ1) is 15.6. The van der Waals surface area contributed by atoms with E-state index >= 15 is 0 Å². The maximum Gasteiger partial charge on any atom is 0.322 e. The maximum absolute atomic E-state index is 10.7. The van der Waals surface area contributed by atoms with Gasteiger partial charge in [0.25, 0.3) is 0 Å². The van der Waals surface area contributed by atoms with Crippen LogP contribution in [0, 0.1) is 6.92 Å². The molecule has 1 aliphatic carbocycles. The molecule has 0 bridgehead atoms. The molecule has 1 saturated carbocycles. The molecule has 2 aromatic rings. The molecule has 3 N–H and O–H groups in total. The average Bonchev–Trinajstić information content (AvgIpc) is 3.33. The van der Waals surface area contributed by atoms with E-state index in [4.69, 9.17) is 16.7 Å². The number of carbonyl (C=O) groups is 1. The van der Waals surface area contributed by atoms with Crippen LogP contribution in [0.4, 0.5) is 17.5 Å². The summed E-state index contributed by atoms with van der Waals surface area (Å²) < 4.78 is 0. The smallest absolute Gasteiger partial charge is 0.322 e. The number of aliphatic carboxylic acids is 1. The number of halogens is 1. The summed E-state index contributed by atoms with van der Waals surface area (Å²) in [5, 5.41) is 15.4. The van der Waals surface area contributed by atoms with Gasteiger partial charge in [-0.15, -0.1) is 0 Å². The fourth-order valence-corrected chi connectivity index (χ4v) is 2.34. The molecule has 23 heavy (non-hydrogen) atoms. The third-order valence-electron chi connectivity index (χ3n) is 3.57. The highest BCUT2D eigenvalue weighted by Crippen LogP contribution is 2.40. The van der Waals surface area contributed by atoms with Gasteiger partial charge < -0.3 is 15.7 Å². The second kappa shape index (κ2) is 6.42. The van der Waals surface area contributed by atoms with Crippen LogP contribution in [0.25, 0.3) is 0 Å². The lowest BCUT2D eigenvalue weighted by Crippen LogP contribution is -2.15. The summed E-state index contributed by atoms with van der Waals surface area (Å²) in [5.41, 5.74) is 2.77. The fraction of sp³-hybridized carbons (Fsp3) is 0.312. The predicted molar refractivity (Wildman–Crippen MR) is 89.6 cm³/mol. The summed E-state index contributed by atoms with van der Waals surface area (Å²) in [7, 11) is 0. The van der Waals surface area contributed by atoms with Crippen molar-refractivity contribution in [3.63, 3.8) is 0 Å². The summed E-state index contributed by atoms with van der Waals surface area (Å²) in [6.45, 7) is 1.72. The molecule has 0 spiro atoms. The Hall–Kier alpha value is -2.34. The van der Waals surface area contributed by atoms with Crippen LogP contribution < -0.4 is 10.6 Å². The van der Waals surface area contributed by atoms with Gasteiger partial charge in [-0.3, -0.25) is 4.79 Å². The summed E-state index contributed by atoms with van der Waals surface area (Å²) in [5.74, 6) is 0.450. The number of rotatable bonds is 6. The number of nitrogens with zero attached hydrogens (tertiary/aromatic N) is 2. The molecule has 1 aromatic carbocycles. The molecule has 120 valence electrons. The topological polar surface area (TPSA) is 87.1 Å². The molecule has 3 rings (SSSR count). The molecule has 0 unspecified atom stereocenters. The van der Waals surface area contributed by atoms with Gasteiger partial charge in [0.1, 0.15) is 12.4 Å². The monoisotopic (exact) mass is 332 g/mol. The van der Waals surface area contributed by atoms with Gasteiger partial charge >= 0.3 is 5.97 Å². The number of anilines is 3. The van der Waals surface area contributed by atoms with Gasteiger partial charge in [0.15, 0.2) is 0 Å². The highest BCUT2D eigenvalue weighted by Gasteiger charge is 2.26. The lowest BCUT2D eigenvalue weighted by molar-refractivity contribution is -0.134. The average molecular weight is 333 g/mol. The van der Waals surface area contributed by atoms with E-state index in [1.165, 1.54) is 0 Å². The van der Waals surface area contributed by atoms with Gasteiger partial charge in [0.2, 0.25) is 5.95 Å². The van der Waals surface area contributed by atoms with Crippen molar-refractivity contribution in [2.45, 2.75) is 25.7 Å². The Morgan fingerprint density at radius 3 is 2.78 bits per heavy atom. The number of hydrogen-bond donors (Lipinski definition) is 3. The third-order valence-corrected chi connectivity index (χ3v) is 3.99. The Morgan fingerprint density at radius 1 is 1.35 bits per heavy atom. The third kappa shape index (κ3) is 4.10. The van der Waals surface area contributed by atoms with Crippen molar-refractivity contribution in [3.05, 3.63) is 40.5 Å². The Bertz CT molecular complexity index is 747. The van der Waals surface area contributed by atoms with Gasteiger partial charge in [0.05, 0.1) is 5.69 Å². The van der Waals surface area contributed by atoms with E-state index < -0.39 is 5.97 Å². The molecule has 0 amide bonds. The largest absolute Gasteiger partial charge is 0.480 e. The normalized spacial score (nSPS) is 13.7. The zero-order chi connectivity index (χ0) is 16.4. The van der Waals surface area contributed by atoms with E-state index in [0.29, 0.717) is 22.7 Å². The van der Waals surface area contributed by atoms with Crippen LogP contribution in [-0.2, 0) is 4.79 Å². The van der Waals surface area contributed by atoms with Crippen LogP contribution in [0.5, 0.6) is 0 Å². The van der Waals surface area contributed by atoms with Gasteiger partial charge in [-0.25, -0.2) is 4.98 Å². The van der Waals surface area contributed by atoms with Crippen molar-refractivity contribution >= 4 is 35.0 Å². The summed E-state index contributed by atoms with van der Waals surface area (Å²) in [6, 6.07) is 7.55. The van der Waals surface area contributed by atoms with Crippen LogP contribution in [0.1, 0.15) is 30.0 Å².